The molecule has 1 saturated heterocycles. The van der Waals surface area contributed by atoms with Crippen molar-refractivity contribution in [3.8, 4) is 5.75 Å². The van der Waals surface area contributed by atoms with Gasteiger partial charge in [-0.15, -0.1) is 0 Å². The third-order valence-electron chi connectivity index (χ3n) is 6.58. The molecule has 1 amide bonds. The molecule has 0 bridgehead atoms. The van der Waals surface area contributed by atoms with Crippen molar-refractivity contribution in [2.45, 2.75) is 31.6 Å². The fourth-order valence-electron chi connectivity index (χ4n) is 4.51. The molecule has 40 heavy (non-hydrogen) atoms. The standard InChI is InChI=1S/C29H29FN4O4S2/c1-3-38-24-11-6-21(7-12-24)18-31-34(29-32-26-15-10-23(30)17-27(26)39-29)28(35)22-8-13-25(14-9-22)40(36,37)33-16-4-5-20(2)19-33/h6-15,17-18,20H,3-5,16,19H2,1-2H3/b31-18+. The summed E-state index contributed by atoms with van der Waals surface area (Å²) in [6.07, 6.45) is 3.35. The number of ether oxygens (including phenoxy) is 1. The van der Waals surface area contributed by atoms with Gasteiger partial charge < -0.3 is 4.74 Å². The lowest BCUT2D eigenvalue weighted by atomic mass is 10.0. The third kappa shape index (κ3) is 6.06. The lowest BCUT2D eigenvalue weighted by Crippen LogP contribution is -2.39. The molecular formula is C29H29FN4O4S2. The number of anilines is 1. The molecule has 1 aromatic heterocycles. The highest BCUT2D eigenvalue weighted by molar-refractivity contribution is 7.89. The van der Waals surface area contributed by atoms with E-state index >= 15 is 0 Å². The molecule has 1 aliphatic heterocycles. The van der Waals surface area contributed by atoms with E-state index < -0.39 is 21.7 Å². The Morgan fingerprint density at radius 3 is 2.62 bits per heavy atom. The Labute approximate surface area is 236 Å². The van der Waals surface area contributed by atoms with Crippen molar-refractivity contribution in [2.24, 2.45) is 11.0 Å². The first kappa shape index (κ1) is 27.9. The molecule has 0 N–H and O–H groups in total. The number of carbonyl (C=O) groups excluding carboxylic acids is 1. The van der Waals surface area contributed by atoms with Gasteiger partial charge in [-0.05, 0) is 98.0 Å². The van der Waals surface area contributed by atoms with Gasteiger partial charge >= 0.3 is 0 Å². The van der Waals surface area contributed by atoms with Gasteiger partial charge in [0.1, 0.15) is 11.6 Å². The molecule has 1 unspecified atom stereocenters. The molecule has 0 aliphatic carbocycles. The van der Waals surface area contributed by atoms with E-state index in [0.717, 1.165) is 40.5 Å². The van der Waals surface area contributed by atoms with Crippen LogP contribution < -0.4 is 9.75 Å². The van der Waals surface area contributed by atoms with Gasteiger partial charge in [0.05, 0.1) is 27.9 Å². The van der Waals surface area contributed by atoms with Gasteiger partial charge in [-0.2, -0.15) is 14.4 Å². The number of piperidine rings is 1. The minimum atomic E-state index is -3.66. The van der Waals surface area contributed by atoms with E-state index in [0.29, 0.717) is 35.8 Å². The highest BCUT2D eigenvalue weighted by Gasteiger charge is 2.29. The molecule has 2 heterocycles. The molecule has 1 fully saturated rings. The maximum Gasteiger partial charge on any atom is 0.280 e. The number of hydrogen-bond acceptors (Lipinski definition) is 7. The quantitative estimate of drug-likeness (QED) is 0.190. The van der Waals surface area contributed by atoms with E-state index in [1.165, 1.54) is 46.9 Å². The molecule has 8 nitrogen and oxygen atoms in total. The van der Waals surface area contributed by atoms with E-state index in [4.69, 9.17) is 4.74 Å². The molecular weight excluding hydrogens is 551 g/mol. The molecule has 5 rings (SSSR count). The van der Waals surface area contributed by atoms with Gasteiger partial charge in [0.25, 0.3) is 5.91 Å². The maximum atomic E-state index is 13.8. The number of benzene rings is 3. The topological polar surface area (TPSA) is 92.2 Å². The third-order valence-corrected chi connectivity index (χ3v) is 9.46. The monoisotopic (exact) mass is 580 g/mol. The van der Waals surface area contributed by atoms with Crippen molar-refractivity contribution in [1.29, 1.82) is 0 Å². The van der Waals surface area contributed by atoms with Crippen molar-refractivity contribution in [1.82, 2.24) is 9.29 Å². The van der Waals surface area contributed by atoms with Crippen LogP contribution in [0.1, 0.15) is 42.6 Å². The van der Waals surface area contributed by atoms with Crippen LogP contribution in [0.2, 0.25) is 0 Å². The largest absolute Gasteiger partial charge is 0.494 e. The van der Waals surface area contributed by atoms with E-state index in [-0.39, 0.29) is 15.6 Å². The van der Waals surface area contributed by atoms with Gasteiger partial charge in [0.2, 0.25) is 15.2 Å². The van der Waals surface area contributed by atoms with Crippen LogP contribution in [0.25, 0.3) is 10.2 Å². The normalized spacial score (nSPS) is 16.4. The second-order valence-corrected chi connectivity index (χ2v) is 12.6. The summed E-state index contributed by atoms with van der Waals surface area (Å²) in [7, 11) is -3.66. The van der Waals surface area contributed by atoms with Crippen LogP contribution >= 0.6 is 11.3 Å². The van der Waals surface area contributed by atoms with Crippen LogP contribution in [0, 0.1) is 11.7 Å². The molecule has 1 atom stereocenters. The lowest BCUT2D eigenvalue weighted by molar-refractivity contribution is 0.0987. The lowest BCUT2D eigenvalue weighted by Gasteiger charge is -2.30. The zero-order valence-electron chi connectivity index (χ0n) is 22.2. The van der Waals surface area contributed by atoms with Crippen molar-refractivity contribution < 1.29 is 22.3 Å². The zero-order valence-corrected chi connectivity index (χ0v) is 23.8. The first-order chi connectivity index (χ1) is 19.2. The number of hydrazone groups is 1. The predicted molar refractivity (Wildman–Crippen MR) is 155 cm³/mol. The summed E-state index contributed by atoms with van der Waals surface area (Å²) in [5.74, 6) is 0.110. The highest BCUT2D eigenvalue weighted by Crippen LogP contribution is 2.31. The highest BCUT2D eigenvalue weighted by atomic mass is 32.2. The Morgan fingerprint density at radius 1 is 1.18 bits per heavy atom. The second-order valence-electron chi connectivity index (χ2n) is 9.61. The maximum absolute atomic E-state index is 13.8. The molecule has 0 spiro atoms. The van der Waals surface area contributed by atoms with Gasteiger partial charge in [-0.25, -0.2) is 17.8 Å². The van der Waals surface area contributed by atoms with Crippen LogP contribution in [0.4, 0.5) is 9.52 Å². The number of rotatable bonds is 8. The predicted octanol–water partition coefficient (Wildman–Crippen LogP) is 5.94. The Bertz CT molecular complexity index is 1640. The number of thiazole rings is 1. The Kier molecular flexibility index (Phi) is 8.24. The molecule has 0 saturated carbocycles. The SMILES string of the molecule is CCOc1ccc(/C=N/N(C(=O)c2ccc(S(=O)(=O)N3CCCC(C)C3)cc2)c2nc3ccc(F)cc3s2)cc1. The average Bonchev–Trinajstić information content (AvgIpc) is 3.37. The number of carbonyl (C=O) groups is 1. The number of halogens is 1. The van der Waals surface area contributed by atoms with Gasteiger partial charge in [-0.3, -0.25) is 4.79 Å². The Balaban J connectivity index is 1.45. The summed E-state index contributed by atoms with van der Waals surface area (Å²) < 4.78 is 47.7. The summed E-state index contributed by atoms with van der Waals surface area (Å²) in [5.41, 5.74) is 1.50. The van der Waals surface area contributed by atoms with Crippen LogP contribution in [0.3, 0.4) is 0 Å². The molecule has 208 valence electrons. The molecule has 1 aliphatic rings. The van der Waals surface area contributed by atoms with Crippen LogP contribution in [-0.4, -0.2) is 49.5 Å². The number of sulfonamides is 1. The molecule has 0 radical (unpaired) electrons. The zero-order chi connectivity index (χ0) is 28.3. The average molecular weight is 581 g/mol. The van der Waals surface area contributed by atoms with Gasteiger partial charge in [0, 0.05) is 18.7 Å². The number of aromatic nitrogens is 1. The summed E-state index contributed by atoms with van der Waals surface area (Å²) in [6.45, 7) is 5.46. The molecule has 11 heteroatoms. The van der Waals surface area contributed by atoms with E-state index in [1.807, 2.05) is 26.0 Å². The Morgan fingerprint density at radius 2 is 1.93 bits per heavy atom. The number of hydrogen-bond donors (Lipinski definition) is 0. The molecule has 4 aromatic rings. The summed E-state index contributed by atoms with van der Waals surface area (Å²) in [6, 6.07) is 17.3. The fourth-order valence-corrected chi connectivity index (χ4v) is 7.06. The minimum Gasteiger partial charge on any atom is -0.494 e. The van der Waals surface area contributed by atoms with Crippen LogP contribution in [-0.2, 0) is 10.0 Å². The number of fused-ring (bicyclic) bond motifs is 1. The van der Waals surface area contributed by atoms with E-state index in [2.05, 4.69) is 10.1 Å². The van der Waals surface area contributed by atoms with E-state index in [1.54, 1.807) is 18.2 Å². The first-order valence-corrected chi connectivity index (χ1v) is 15.3. The van der Waals surface area contributed by atoms with Crippen molar-refractivity contribution >= 4 is 48.8 Å². The summed E-state index contributed by atoms with van der Waals surface area (Å²) in [4.78, 5) is 18.3. The van der Waals surface area contributed by atoms with E-state index in [9.17, 15) is 17.6 Å². The molecule has 3 aromatic carbocycles. The van der Waals surface area contributed by atoms with Gasteiger partial charge in [0.15, 0.2) is 0 Å². The van der Waals surface area contributed by atoms with Crippen molar-refractivity contribution in [3.05, 3.63) is 83.7 Å². The van der Waals surface area contributed by atoms with Crippen LogP contribution in [0.5, 0.6) is 5.75 Å². The van der Waals surface area contributed by atoms with Crippen LogP contribution in [0.15, 0.2) is 76.7 Å². The summed E-state index contributed by atoms with van der Waals surface area (Å²) >= 11 is 1.13. The number of nitrogens with zero attached hydrogens (tertiary/aromatic N) is 4. The van der Waals surface area contributed by atoms with Crippen molar-refractivity contribution in [3.63, 3.8) is 0 Å². The van der Waals surface area contributed by atoms with Gasteiger partial charge in [-0.1, -0.05) is 18.3 Å². The summed E-state index contributed by atoms with van der Waals surface area (Å²) in [5, 5.41) is 5.84. The minimum absolute atomic E-state index is 0.137. The Hall–Kier alpha value is -3.67. The van der Waals surface area contributed by atoms with Crippen molar-refractivity contribution in [2.75, 3.05) is 24.7 Å². The first-order valence-electron chi connectivity index (χ1n) is 13.0. The second kappa shape index (κ2) is 11.8. The number of amides is 1. The fraction of sp³-hybridized carbons (Fsp3) is 0.276. The smallest absolute Gasteiger partial charge is 0.280 e.